The number of rotatable bonds is 4. The van der Waals surface area contributed by atoms with Gasteiger partial charge in [-0.15, -0.1) is 0 Å². The average Bonchev–Trinajstić information content (AvgIpc) is 2.42. The lowest BCUT2D eigenvalue weighted by Crippen LogP contribution is -2.57. The molecule has 0 saturated carbocycles. The van der Waals surface area contributed by atoms with E-state index in [4.69, 9.17) is 9.29 Å². The van der Waals surface area contributed by atoms with Gasteiger partial charge in [-0.1, -0.05) is 50.0 Å². The van der Waals surface area contributed by atoms with Crippen molar-refractivity contribution in [1.29, 1.82) is 0 Å². The van der Waals surface area contributed by atoms with E-state index in [9.17, 15) is 0 Å². The maximum Gasteiger partial charge on any atom is 0.364 e. The summed E-state index contributed by atoms with van der Waals surface area (Å²) in [6.45, 7) is 20.2. The molecule has 1 rings (SSSR count). The Labute approximate surface area is 163 Å². The molecule has 0 saturated heterocycles. The van der Waals surface area contributed by atoms with Crippen LogP contribution in [0.3, 0.4) is 0 Å². The number of benzene rings is 1. The van der Waals surface area contributed by atoms with Gasteiger partial charge in [-0.05, 0) is 55.6 Å². The van der Waals surface area contributed by atoms with E-state index in [0.717, 1.165) is 11.4 Å². The molecule has 0 unspecified atom stereocenters. The van der Waals surface area contributed by atoms with Gasteiger partial charge in [0.05, 0.1) is 5.54 Å². The highest BCUT2D eigenvalue weighted by Gasteiger charge is 2.34. The summed E-state index contributed by atoms with van der Waals surface area (Å²) in [5, 5.41) is 0. The van der Waals surface area contributed by atoms with Gasteiger partial charge in [0, 0.05) is 11.1 Å². The second-order valence-corrected chi connectivity index (χ2v) is 17.1. The normalized spacial score (nSPS) is 14.4. The fraction of sp³-hybridized carbons (Fsp3) is 0.650. The van der Waals surface area contributed by atoms with E-state index in [-0.39, 0.29) is 11.1 Å². The van der Waals surface area contributed by atoms with Crippen LogP contribution < -0.4 is 0 Å². The molecule has 6 heteroatoms. The summed E-state index contributed by atoms with van der Waals surface area (Å²) in [5.74, 6) is 1.05. The molecule has 1 aromatic carbocycles. The third kappa shape index (κ3) is 7.15. The molecule has 0 amide bonds. The third-order valence-electron chi connectivity index (χ3n) is 3.39. The van der Waals surface area contributed by atoms with E-state index in [0.29, 0.717) is 0 Å². The minimum absolute atomic E-state index is 0.0817. The molecule has 0 aliphatic carbocycles. The van der Waals surface area contributed by atoms with Crippen molar-refractivity contribution in [3.05, 3.63) is 35.9 Å². The highest BCUT2D eigenvalue weighted by molar-refractivity contribution is 6.78. The minimum Gasteiger partial charge on any atom is -0.383 e. The van der Waals surface area contributed by atoms with Crippen LogP contribution in [0.15, 0.2) is 39.6 Å². The van der Waals surface area contributed by atoms with Crippen LogP contribution in [0.25, 0.3) is 0 Å². The predicted octanol–water partition coefficient (Wildman–Crippen LogP) is 4.98. The van der Waals surface area contributed by atoms with E-state index < -0.39 is 17.1 Å². The molecule has 0 spiro atoms. The number of aliphatic imine (C=N–C) groups is 1. The molecular formula is C20H38N4Si2. The molecule has 0 fully saturated rings. The molecule has 0 radical (unpaired) electrons. The number of nitrogens with zero attached hydrogens (tertiary/aromatic N) is 4. The Kier molecular flexibility index (Phi) is 7.15. The fourth-order valence-electron chi connectivity index (χ4n) is 2.51. The molecule has 146 valence electrons. The van der Waals surface area contributed by atoms with Crippen molar-refractivity contribution in [3.63, 3.8) is 0 Å². The van der Waals surface area contributed by atoms with Gasteiger partial charge in [-0.3, -0.25) is 4.99 Å². The Hall–Kier alpha value is -1.28. The molecule has 26 heavy (non-hydrogen) atoms. The Morgan fingerprint density at radius 3 is 1.77 bits per heavy atom. The zero-order valence-electron chi connectivity index (χ0n) is 18.7. The summed E-state index contributed by atoms with van der Waals surface area (Å²) < 4.78 is 10.1. The molecule has 1 aromatic rings. The van der Waals surface area contributed by atoms with Gasteiger partial charge in [0.15, 0.2) is 8.24 Å². The van der Waals surface area contributed by atoms with E-state index in [1.54, 1.807) is 0 Å². The molecule has 0 heterocycles. The molecular weight excluding hydrogens is 352 g/mol. The van der Waals surface area contributed by atoms with Gasteiger partial charge < -0.3 is 13.4 Å². The Morgan fingerprint density at radius 1 is 0.923 bits per heavy atom. The molecule has 0 aliphatic rings. The predicted molar refractivity (Wildman–Crippen MR) is 120 cm³/mol. The third-order valence-corrected chi connectivity index (χ3v) is 8.96. The summed E-state index contributed by atoms with van der Waals surface area (Å²) in [4.78, 5) is 5.18. The van der Waals surface area contributed by atoms with Crippen LogP contribution in [0, 0.1) is 0 Å². The van der Waals surface area contributed by atoms with Crippen molar-refractivity contribution in [2.75, 3.05) is 14.1 Å². The van der Waals surface area contributed by atoms with Crippen molar-refractivity contribution >= 4 is 23.0 Å². The summed E-state index contributed by atoms with van der Waals surface area (Å²) in [5.41, 5.74) is 0.918. The smallest absolute Gasteiger partial charge is 0.364 e. The largest absolute Gasteiger partial charge is 0.383 e. The van der Waals surface area contributed by atoms with Gasteiger partial charge in [0.25, 0.3) is 0 Å². The first kappa shape index (κ1) is 22.8. The molecule has 0 N–H and O–H groups in total. The van der Waals surface area contributed by atoms with E-state index in [2.05, 4.69) is 115 Å². The van der Waals surface area contributed by atoms with Crippen LogP contribution in [0.1, 0.15) is 47.1 Å². The molecule has 0 aromatic heterocycles. The highest BCUT2D eigenvalue weighted by Crippen LogP contribution is 2.23. The quantitative estimate of drug-likeness (QED) is 0.412. The summed E-state index contributed by atoms with van der Waals surface area (Å²) in [7, 11) is 1.39. The van der Waals surface area contributed by atoms with Crippen molar-refractivity contribution in [1.82, 2.24) is 9.13 Å². The van der Waals surface area contributed by atoms with E-state index >= 15 is 0 Å². The second-order valence-electron chi connectivity index (χ2n) is 9.96. The number of hydrogen-bond donors (Lipinski definition) is 0. The van der Waals surface area contributed by atoms with Gasteiger partial charge >= 0.3 is 8.91 Å². The summed E-state index contributed by atoms with van der Waals surface area (Å²) in [6.07, 6.45) is 0. The molecule has 0 aliphatic heterocycles. The first-order chi connectivity index (χ1) is 11.6. The van der Waals surface area contributed by atoms with Gasteiger partial charge in [-0.25, -0.2) is 0 Å². The van der Waals surface area contributed by atoms with Crippen molar-refractivity contribution in [3.8, 4) is 0 Å². The van der Waals surface area contributed by atoms with Crippen molar-refractivity contribution in [2.45, 2.75) is 72.3 Å². The second kappa shape index (κ2) is 8.17. The maximum absolute atomic E-state index is 5.36. The van der Waals surface area contributed by atoms with Crippen LogP contribution in [-0.2, 0) is 0 Å². The topological polar surface area (TPSA) is 31.2 Å². The van der Waals surface area contributed by atoms with Crippen molar-refractivity contribution in [2.24, 2.45) is 9.29 Å². The standard InChI is InChI=1S/C20H38N4Si2/c1-19(2,3)21-18(17-15-13-12-14-16-17)24(20(4,5)6)25(23(7)8)22-26(9,10)11/h12-16H,1-11H3/b21-18?,25-22+. The SMILES string of the molecule is CN(C)/[Si](=N\[Si](C)(C)C)N(C(=NC(C)(C)C)c1ccccc1)C(C)(C)C. The molecule has 0 bridgehead atoms. The molecule has 4 nitrogen and oxygen atoms in total. The lowest BCUT2D eigenvalue weighted by Gasteiger charge is -2.42. The zero-order chi connectivity index (χ0) is 20.3. The van der Waals surface area contributed by atoms with Crippen LogP contribution >= 0.6 is 0 Å². The molecule has 0 atom stereocenters. The van der Waals surface area contributed by atoms with Crippen LogP contribution in [0.4, 0.5) is 0 Å². The monoisotopic (exact) mass is 390 g/mol. The minimum atomic E-state index is -1.60. The van der Waals surface area contributed by atoms with Crippen molar-refractivity contribution < 1.29 is 0 Å². The fourth-order valence-corrected chi connectivity index (χ4v) is 7.48. The van der Waals surface area contributed by atoms with Gasteiger partial charge in [-0.2, -0.15) is 0 Å². The summed E-state index contributed by atoms with van der Waals surface area (Å²) >= 11 is 0. The first-order valence-corrected chi connectivity index (χ1v) is 14.1. The maximum atomic E-state index is 5.36. The van der Waals surface area contributed by atoms with Gasteiger partial charge in [0.1, 0.15) is 5.84 Å². The van der Waals surface area contributed by atoms with Crippen LogP contribution in [0.5, 0.6) is 0 Å². The summed E-state index contributed by atoms with van der Waals surface area (Å²) in [6, 6.07) is 10.6. The van der Waals surface area contributed by atoms with E-state index in [1.807, 2.05) is 0 Å². The highest BCUT2D eigenvalue weighted by atomic mass is 28.4. The van der Waals surface area contributed by atoms with E-state index in [1.165, 1.54) is 0 Å². The van der Waals surface area contributed by atoms with Gasteiger partial charge in [0.2, 0.25) is 0 Å². The lowest BCUT2D eigenvalue weighted by atomic mass is 10.1. The Balaban J connectivity index is 3.77. The lowest BCUT2D eigenvalue weighted by molar-refractivity contribution is 0.331. The number of hydrogen-bond acceptors (Lipinski definition) is 2. The Morgan fingerprint density at radius 2 is 1.42 bits per heavy atom. The Bertz CT molecular complexity index is 645. The number of amidine groups is 1. The van der Waals surface area contributed by atoms with Crippen LogP contribution in [-0.4, -0.2) is 57.3 Å². The first-order valence-electron chi connectivity index (χ1n) is 9.34. The average molecular weight is 391 g/mol. The van der Waals surface area contributed by atoms with Crippen LogP contribution in [0.2, 0.25) is 19.6 Å². The zero-order valence-corrected chi connectivity index (χ0v) is 20.7.